The lowest BCUT2D eigenvalue weighted by Crippen LogP contribution is -2.45. The summed E-state index contributed by atoms with van der Waals surface area (Å²) in [5, 5.41) is 6.72. The predicted molar refractivity (Wildman–Crippen MR) is 143 cm³/mol. The number of hydrogen-bond donors (Lipinski definition) is 2. The SMILES string of the molecule is CCNC(=NCCS(=O)(=O)N1CCc2ccccc21)NC1CCN(c2ccccc2)C1.I. The molecule has 1 fully saturated rings. The maximum atomic E-state index is 12.9. The minimum atomic E-state index is -3.39. The molecule has 2 aromatic carbocycles. The highest BCUT2D eigenvalue weighted by molar-refractivity contribution is 14.0. The van der Waals surface area contributed by atoms with Crippen molar-refractivity contribution < 1.29 is 8.42 Å². The van der Waals surface area contributed by atoms with Crippen LogP contribution in [0.15, 0.2) is 59.6 Å². The second-order valence-electron chi connectivity index (χ2n) is 7.94. The van der Waals surface area contributed by atoms with Crippen LogP contribution in [-0.2, 0) is 16.4 Å². The Hall–Kier alpha value is -2.01. The summed E-state index contributed by atoms with van der Waals surface area (Å²) in [5.41, 5.74) is 3.13. The van der Waals surface area contributed by atoms with Crippen molar-refractivity contribution in [2.75, 3.05) is 47.7 Å². The number of benzene rings is 2. The number of guanidine groups is 1. The van der Waals surface area contributed by atoms with Gasteiger partial charge in [-0.1, -0.05) is 36.4 Å². The molecule has 0 aliphatic carbocycles. The van der Waals surface area contributed by atoms with Gasteiger partial charge in [0.25, 0.3) is 0 Å². The van der Waals surface area contributed by atoms with E-state index in [1.165, 1.54) is 9.99 Å². The number of anilines is 2. The minimum Gasteiger partial charge on any atom is -0.369 e. The van der Waals surface area contributed by atoms with Gasteiger partial charge in [-0.25, -0.2) is 8.42 Å². The Kier molecular flexibility index (Phi) is 8.64. The molecule has 32 heavy (non-hydrogen) atoms. The van der Waals surface area contributed by atoms with Crippen molar-refractivity contribution in [3.8, 4) is 0 Å². The molecule has 174 valence electrons. The number of para-hydroxylation sites is 2. The van der Waals surface area contributed by atoms with E-state index < -0.39 is 10.0 Å². The summed E-state index contributed by atoms with van der Waals surface area (Å²) < 4.78 is 27.3. The molecule has 0 spiro atoms. The third kappa shape index (κ3) is 5.86. The molecule has 2 heterocycles. The molecule has 0 saturated carbocycles. The number of hydrogen-bond acceptors (Lipinski definition) is 4. The Balaban J connectivity index is 0.00000289. The number of aliphatic imine (C=N–C) groups is 1. The standard InChI is InChI=1S/C23H31N5O2S.HI/c1-2-24-23(26-20-13-15-27(18-20)21-9-4-3-5-10-21)25-14-17-31(29,30)28-16-12-19-8-6-7-11-22(19)28;/h3-11,20H,2,12-18H2,1H3,(H2,24,25,26);1H. The zero-order valence-electron chi connectivity index (χ0n) is 18.4. The van der Waals surface area contributed by atoms with Crippen LogP contribution < -0.4 is 19.8 Å². The van der Waals surface area contributed by atoms with Crippen LogP contribution in [0, 0.1) is 0 Å². The van der Waals surface area contributed by atoms with Gasteiger partial charge in [0, 0.05) is 37.9 Å². The largest absolute Gasteiger partial charge is 0.369 e. The highest BCUT2D eigenvalue weighted by Gasteiger charge is 2.29. The third-order valence-corrected chi connectivity index (χ3v) is 7.54. The highest BCUT2D eigenvalue weighted by Crippen LogP contribution is 2.29. The Morgan fingerprint density at radius 2 is 1.84 bits per heavy atom. The van der Waals surface area contributed by atoms with Gasteiger partial charge in [-0.15, -0.1) is 24.0 Å². The summed E-state index contributed by atoms with van der Waals surface area (Å²) in [6.07, 6.45) is 1.78. The Morgan fingerprint density at radius 3 is 2.62 bits per heavy atom. The summed E-state index contributed by atoms with van der Waals surface area (Å²) >= 11 is 0. The molecule has 2 aliphatic rings. The lowest BCUT2D eigenvalue weighted by atomic mass is 10.2. The van der Waals surface area contributed by atoms with Gasteiger partial charge in [0.15, 0.2) is 5.96 Å². The molecule has 1 unspecified atom stereocenters. The van der Waals surface area contributed by atoms with E-state index in [9.17, 15) is 8.42 Å². The molecule has 9 heteroatoms. The second-order valence-corrected chi connectivity index (χ2v) is 9.95. The van der Waals surface area contributed by atoms with Crippen molar-refractivity contribution in [3.63, 3.8) is 0 Å². The molecule has 0 radical (unpaired) electrons. The van der Waals surface area contributed by atoms with Crippen LogP contribution in [0.4, 0.5) is 11.4 Å². The fourth-order valence-electron chi connectivity index (χ4n) is 4.24. The summed E-state index contributed by atoms with van der Waals surface area (Å²) in [5.74, 6) is 0.679. The van der Waals surface area contributed by atoms with E-state index in [1.807, 2.05) is 37.3 Å². The first-order valence-electron chi connectivity index (χ1n) is 11.0. The zero-order valence-corrected chi connectivity index (χ0v) is 21.6. The normalized spacial score (nSPS) is 18.3. The summed E-state index contributed by atoms with van der Waals surface area (Å²) in [6, 6.07) is 18.4. The number of sulfonamides is 1. The lowest BCUT2D eigenvalue weighted by Gasteiger charge is -2.21. The number of halogens is 1. The molecule has 0 bridgehead atoms. The van der Waals surface area contributed by atoms with Crippen LogP contribution in [-0.4, -0.2) is 58.9 Å². The van der Waals surface area contributed by atoms with Gasteiger partial charge in [-0.2, -0.15) is 0 Å². The number of fused-ring (bicyclic) bond motifs is 1. The molecule has 2 aromatic rings. The van der Waals surface area contributed by atoms with Crippen LogP contribution in [0.25, 0.3) is 0 Å². The fourth-order valence-corrected chi connectivity index (χ4v) is 5.63. The maximum Gasteiger partial charge on any atom is 0.237 e. The topological polar surface area (TPSA) is 77.0 Å². The van der Waals surface area contributed by atoms with E-state index in [0.717, 1.165) is 43.7 Å². The van der Waals surface area contributed by atoms with Crippen molar-refractivity contribution in [2.24, 2.45) is 4.99 Å². The average molecular weight is 570 g/mol. The van der Waals surface area contributed by atoms with E-state index in [-0.39, 0.29) is 42.3 Å². The van der Waals surface area contributed by atoms with Crippen LogP contribution >= 0.6 is 24.0 Å². The van der Waals surface area contributed by atoms with Crippen LogP contribution in [0.3, 0.4) is 0 Å². The molecule has 4 rings (SSSR count). The van der Waals surface area contributed by atoms with Crippen LogP contribution in [0.2, 0.25) is 0 Å². The number of nitrogens with one attached hydrogen (secondary N) is 2. The highest BCUT2D eigenvalue weighted by atomic mass is 127. The van der Waals surface area contributed by atoms with Crippen molar-refractivity contribution in [1.82, 2.24) is 10.6 Å². The van der Waals surface area contributed by atoms with E-state index in [1.54, 1.807) is 0 Å². The van der Waals surface area contributed by atoms with Gasteiger partial charge in [0.2, 0.25) is 10.0 Å². The fraction of sp³-hybridized carbons (Fsp3) is 0.435. The zero-order chi connectivity index (χ0) is 21.7. The molecule has 1 saturated heterocycles. The molecular formula is C23H32IN5O2S. The van der Waals surface area contributed by atoms with Crippen molar-refractivity contribution in [1.29, 1.82) is 0 Å². The molecule has 2 N–H and O–H groups in total. The van der Waals surface area contributed by atoms with Crippen LogP contribution in [0.1, 0.15) is 18.9 Å². The molecule has 1 atom stereocenters. The van der Waals surface area contributed by atoms with E-state index in [2.05, 4.69) is 44.8 Å². The Labute approximate surface area is 208 Å². The van der Waals surface area contributed by atoms with Gasteiger partial charge < -0.3 is 15.5 Å². The van der Waals surface area contributed by atoms with E-state index >= 15 is 0 Å². The molecule has 7 nitrogen and oxygen atoms in total. The van der Waals surface area contributed by atoms with Crippen LogP contribution in [0.5, 0.6) is 0 Å². The first-order valence-corrected chi connectivity index (χ1v) is 12.6. The quantitative estimate of drug-likeness (QED) is 0.305. The molecular weight excluding hydrogens is 537 g/mol. The average Bonchev–Trinajstić information content (AvgIpc) is 3.42. The monoisotopic (exact) mass is 569 g/mol. The third-order valence-electron chi connectivity index (χ3n) is 5.79. The molecule has 0 amide bonds. The summed E-state index contributed by atoms with van der Waals surface area (Å²) in [7, 11) is -3.39. The van der Waals surface area contributed by atoms with Gasteiger partial charge in [0.1, 0.15) is 0 Å². The second kappa shape index (κ2) is 11.2. The van der Waals surface area contributed by atoms with Gasteiger partial charge in [0.05, 0.1) is 18.0 Å². The first kappa shape index (κ1) is 24.6. The number of rotatable bonds is 7. The van der Waals surface area contributed by atoms with E-state index in [4.69, 9.17) is 0 Å². The van der Waals surface area contributed by atoms with Gasteiger partial charge in [-0.05, 0) is 43.5 Å². The van der Waals surface area contributed by atoms with Crippen molar-refractivity contribution in [3.05, 3.63) is 60.2 Å². The Morgan fingerprint density at radius 1 is 1.09 bits per heavy atom. The van der Waals surface area contributed by atoms with Crippen molar-refractivity contribution in [2.45, 2.75) is 25.8 Å². The lowest BCUT2D eigenvalue weighted by molar-refractivity contribution is 0.592. The van der Waals surface area contributed by atoms with E-state index in [0.29, 0.717) is 12.5 Å². The minimum absolute atomic E-state index is 0. The predicted octanol–water partition coefficient (Wildman–Crippen LogP) is 2.83. The van der Waals surface area contributed by atoms with Crippen molar-refractivity contribution >= 4 is 51.3 Å². The molecule has 2 aliphatic heterocycles. The first-order chi connectivity index (χ1) is 15.1. The Bertz CT molecular complexity index is 1020. The van der Waals surface area contributed by atoms with Gasteiger partial charge >= 0.3 is 0 Å². The summed E-state index contributed by atoms with van der Waals surface area (Å²) in [4.78, 5) is 6.92. The smallest absolute Gasteiger partial charge is 0.237 e. The molecule has 0 aromatic heterocycles. The summed E-state index contributed by atoms with van der Waals surface area (Å²) in [6.45, 7) is 5.38. The number of nitrogens with zero attached hydrogens (tertiary/aromatic N) is 3. The maximum absolute atomic E-state index is 12.9. The van der Waals surface area contributed by atoms with Gasteiger partial charge in [-0.3, -0.25) is 9.30 Å².